The second-order valence-electron chi connectivity index (χ2n) is 7.08. The van der Waals surface area contributed by atoms with Gasteiger partial charge < -0.3 is 20.2 Å². The summed E-state index contributed by atoms with van der Waals surface area (Å²) in [4.78, 5) is 40.6. The summed E-state index contributed by atoms with van der Waals surface area (Å²) in [6, 6.07) is 5.60. The summed E-state index contributed by atoms with van der Waals surface area (Å²) < 4.78 is 0. The van der Waals surface area contributed by atoms with Crippen molar-refractivity contribution in [1.29, 1.82) is 0 Å². The molecule has 0 aliphatic carbocycles. The maximum Gasteiger partial charge on any atom is 0.326 e. The molecule has 1 fully saturated rings. The molecule has 1 aromatic rings. The smallest absolute Gasteiger partial charge is 0.326 e. The summed E-state index contributed by atoms with van der Waals surface area (Å²) in [6.45, 7) is 4.61. The Balaban J connectivity index is 1.98. The van der Waals surface area contributed by atoms with Gasteiger partial charge in [-0.2, -0.15) is 0 Å². The molecule has 0 radical (unpaired) electrons. The van der Waals surface area contributed by atoms with Crippen molar-refractivity contribution >= 4 is 23.6 Å². The minimum absolute atomic E-state index is 0.0425. The molecule has 1 saturated heterocycles. The van der Waals surface area contributed by atoms with Gasteiger partial charge in [0.1, 0.15) is 12.1 Å². The molecule has 0 unspecified atom stereocenters. The molecule has 0 saturated carbocycles. The summed E-state index contributed by atoms with van der Waals surface area (Å²) >= 11 is 0. The number of carboxylic acid groups (broad SMARTS) is 1. The Kier molecular flexibility index (Phi) is 5.15. The maximum absolute atomic E-state index is 13.3. The van der Waals surface area contributed by atoms with Gasteiger partial charge in [-0.05, 0) is 30.4 Å². The van der Waals surface area contributed by atoms with Crippen LogP contribution < -0.4 is 5.32 Å². The number of carbonyl (C=O) groups is 3. The number of benzene rings is 1. The average molecular weight is 359 g/mol. The first-order valence-corrected chi connectivity index (χ1v) is 9.12. The van der Waals surface area contributed by atoms with E-state index in [1.807, 2.05) is 38.1 Å². The minimum Gasteiger partial charge on any atom is -0.480 e. The second kappa shape index (κ2) is 7.35. The number of hydrogen-bond donors (Lipinski definition) is 2. The predicted molar refractivity (Wildman–Crippen MR) is 96.6 cm³/mol. The van der Waals surface area contributed by atoms with Gasteiger partial charge in [-0.25, -0.2) is 9.59 Å². The zero-order chi connectivity index (χ0) is 18.8. The van der Waals surface area contributed by atoms with Crippen LogP contribution in [0, 0.1) is 5.92 Å². The molecule has 0 bridgehead atoms. The van der Waals surface area contributed by atoms with Crippen molar-refractivity contribution in [3.63, 3.8) is 0 Å². The van der Waals surface area contributed by atoms with Crippen LogP contribution in [0.1, 0.15) is 38.7 Å². The number of nitrogens with one attached hydrogen (secondary N) is 1. The van der Waals surface area contributed by atoms with Crippen molar-refractivity contribution in [3.05, 3.63) is 29.8 Å². The van der Waals surface area contributed by atoms with Crippen LogP contribution in [0.15, 0.2) is 24.3 Å². The Morgan fingerprint density at radius 1 is 1.31 bits per heavy atom. The molecule has 7 heteroatoms. The summed E-state index contributed by atoms with van der Waals surface area (Å²) in [5, 5.41) is 12.4. The lowest BCUT2D eigenvalue weighted by Gasteiger charge is -2.36. The van der Waals surface area contributed by atoms with Crippen LogP contribution >= 0.6 is 0 Å². The zero-order valence-electron chi connectivity index (χ0n) is 15.1. The zero-order valence-corrected chi connectivity index (χ0v) is 15.1. The average Bonchev–Trinajstić information content (AvgIpc) is 3.06. The molecule has 7 nitrogen and oxygen atoms in total. The van der Waals surface area contributed by atoms with Gasteiger partial charge >= 0.3 is 12.0 Å². The van der Waals surface area contributed by atoms with Crippen LogP contribution in [0.3, 0.4) is 0 Å². The first kappa shape index (κ1) is 18.2. The van der Waals surface area contributed by atoms with E-state index in [0.29, 0.717) is 25.1 Å². The first-order valence-electron chi connectivity index (χ1n) is 9.12. The van der Waals surface area contributed by atoms with Gasteiger partial charge in [0.2, 0.25) is 5.91 Å². The minimum atomic E-state index is -0.990. The van der Waals surface area contributed by atoms with Gasteiger partial charge in [0.05, 0.1) is 6.54 Å². The Bertz CT molecular complexity index is 720. The fraction of sp³-hybridized carbons (Fsp3) is 0.526. The van der Waals surface area contributed by atoms with Gasteiger partial charge in [0.25, 0.3) is 0 Å². The Labute approximate surface area is 153 Å². The van der Waals surface area contributed by atoms with Crippen LogP contribution in [0.5, 0.6) is 0 Å². The number of nitrogens with zero attached hydrogens (tertiary/aromatic N) is 2. The number of carbonyl (C=O) groups excluding carboxylic acids is 2. The topological polar surface area (TPSA) is 90.0 Å². The molecular weight excluding hydrogens is 334 g/mol. The molecule has 26 heavy (non-hydrogen) atoms. The summed E-state index contributed by atoms with van der Waals surface area (Å²) in [7, 11) is 0. The fourth-order valence-corrected chi connectivity index (χ4v) is 3.80. The molecule has 2 N–H and O–H groups in total. The third-order valence-electron chi connectivity index (χ3n) is 5.43. The van der Waals surface area contributed by atoms with Crippen molar-refractivity contribution in [1.82, 2.24) is 9.80 Å². The number of likely N-dealkylation sites (tertiary alicyclic amines) is 1. The van der Waals surface area contributed by atoms with Gasteiger partial charge in [0, 0.05) is 12.2 Å². The molecule has 3 amide bonds. The highest BCUT2D eigenvalue weighted by Crippen LogP contribution is 2.30. The third-order valence-corrected chi connectivity index (χ3v) is 5.43. The predicted octanol–water partition coefficient (Wildman–Crippen LogP) is 2.52. The highest BCUT2D eigenvalue weighted by atomic mass is 16.4. The molecule has 1 aromatic carbocycles. The van der Waals surface area contributed by atoms with Crippen LogP contribution in [-0.2, 0) is 16.1 Å². The van der Waals surface area contributed by atoms with E-state index < -0.39 is 18.1 Å². The van der Waals surface area contributed by atoms with Gasteiger partial charge in [0.15, 0.2) is 0 Å². The Morgan fingerprint density at radius 2 is 2.04 bits per heavy atom. The van der Waals surface area contributed by atoms with Gasteiger partial charge in [-0.3, -0.25) is 4.79 Å². The van der Waals surface area contributed by atoms with Crippen molar-refractivity contribution in [2.24, 2.45) is 5.92 Å². The molecule has 2 aliphatic heterocycles. The SMILES string of the molecule is CC[C@H](C)[C@H]1C(=O)Nc2ccccc2CN1C(=O)N1CCC[C@H]1C(=O)O. The largest absolute Gasteiger partial charge is 0.480 e. The first-order chi connectivity index (χ1) is 12.4. The third kappa shape index (κ3) is 3.25. The number of para-hydroxylation sites is 1. The number of urea groups is 1. The maximum atomic E-state index is 13.3. The van der Waals surface area contributed by atoms with Gasteiger partial charge in [-0.1, -0.05) is 38.5 Å². The lowest BCUT2D eigenvalue weighted by atomic mass is 9.97. The van der Waals surface area contributed by atoms with E-state index in [1.165, 1.54) is 4.90 Å². The van der Waals surface area contributed by atoms with Crippen LogP contribution in [-0.4, -0.2) is 51.4 Å². The number of carboxylic acids is 1. The van der Waals surface area contributed by atoms with E-state index in [1.54, 1.807) is 4.90 Å². The molecule has 2 aliphatic rings. The highest BCUT2D eigenvalue weighted by molar-refractivity contribution is 5.99. The lowest BCUT2D eigenvalue weighted by molar-refractivity contribution is -0.141. The van der Waals surface area contributed by atoms with E-state index in [2.05, 4.69) is 5.32 Å². The quantitative estimate of drug-likeness (QED) is 0.868. The lowest BCUT2D eigenvalue weighted by Crippen LogP contribution is -2.55. The van der Waals surface area contributed by atoms with E-state index in [-0.39, 0.29) is 24.4 Å². The number of fused-ring (bicyclic) bond motifs is 1. The van der Waals surface area contributed by atoms with E-state index in [0.717, 1.165) is 12.0 Å². The van der Waals surface area contributed by atoms with E-state index in [4.69, 9.17) is 0 Å². The normalized spacial score (nSPS) is 23.8. The summed E-state index contributed by atoms with van der Waals surface area (Å²) in [6.07, 6.45) is 1.85. The molecule has 3 atom stereocenters. The Hall–Kier alpha value is -2.57. The molecular formula is C19H25N3O4. The molecule has 0 aromatic heterocycles. The number of hydrogen-bond acceptors (Lipinski definition) is 3. The molecule has 0 spiro atoms. The van der Waals surface area contributed by atoms with Crippen LogP contribution in [0.25, 0.3) is 0 Å². The molecule has 140 valence electrons. The summed E-state index contributed by atoms with van der Waals surface area (Å²) in [5.41, 5.74) is 1.56. The standard InChI is InChI=1S/C19H25N3O4/c1-3-12(2)16-17(23)20-14-8-5-4-7-13(14)11-22(16)19(26)21-10-6-9-15(21)18(24)25/h4-5,7-8,12,15-16H,3,6,9-11H2,1-2H3,(H,20,23)(H,24,25)/t12-,15-,16-/m0/s1. The van der Waals surface area contributed by atoms with Crippen LogP contribution in [0.4, 0.5) is 10.5 Å². The number of anilines is 1. The van der Waals surface area contributed by atoms with Crippen molar-refractivity contribution in [2.45, 2.75) is 51.7 Å². The second-order valence-corrected chi connectivity index (χ2v) is 7.08. The monoisotopic (exact) mass is 359 g/mol. The summed E-state index contributed by atoms with van der Waals surface area (Å²) in [5.74, 6) is -1.25. The van der Waals surface area contributed by atoms with Crippen LogP contribution in [0.2, 0.25) is 0 Å². The molecule has 2 heterocycles. The van der Waals surface area contributed by atoms with Crippen molar-refractivity contribution in [2.75, 3.05) is 11.9 Å². The fourth-order valence-electron chi connectivity index (χ4n) is 3.80. The molecule has 3 rings (SSSR count). The number of aliphatic carboxylic acids is 1. The van der Waals surface area contributed by atoms with Gasteiger partial charge in [-0.15, -0.1) is 0 Å². The van der Waals surface area contributed by atoms with Crippen molar-refractivity contribution < 1.29 is 19.5 Å². The van der Waals surface area contributed by atoms with Crippen molar-refractivity contribution in [3.8, 4) is 0 Å². The number of rotatable bonds is 3. The van der Waals surface area contributed by atoms with E-state index in [9.17, 15) is 19.5 Å². The number of amides is 3. The van der Waals surface area contributed by atoms with E-state index >= 15 is 0 Å². The Morgan fingerprint density at radius 3 is 2.73 bits per heavy atom. The highest BCUT2D eigenvalue weighted by Gasteiger charge is 2.42.